The zero-order valence-corrected chi connectivity index (χ0v) is 7.19. The Hall–Kier alpha value is -0.0400. The second-order valence-electron chi connectivity index (χ2n) is 3.53. The summed E-state index contributed by atoms with van der Waals surface area (Å²) in [6.45, 7) is 5.82. The average molecular weight is 141 g/mol. The predicted molar refractivity (Wildman–Crippen MR) is 45.1 cm³/mol. The third-order valence-corrected chi connectivity index (χ3v) is 2.43. The van der Waals surface area contributed by atoms with Crippen LogP contribution in [0.25, 0.3) is 0 Å². The Bertz CT molecular complexity index is 88.7. The van der Waals surface area contributed by atoms with Crippen LogP contribution < -0.4 is 5.32 Å². The van der Waals surface area contributed by atoms with E-state index in [4.69, 9.17) is 0 Å². The molecule has 1 rings (SSSR count). The third kappa shape index (κ3) is 2.30. The van der Waals surface area contributed by atoms with Gasteiger partial charge in [0.25, 0.3) is 0 Å². The zero-order valence-electron chi connectivity index (χ0n) is 7.19. The van der Waals surface area contributed by atoms with Crippen LogP contribution in [0.5, 0.6) is 0 Å². The molecule has 1 fully saturated rings. The molecule has 0 saturated carbocycles. The maximum absolute atomic E-state index is 3.47. The molecule has 0 aromatic rings. The van der Waals surface area contributed by atoms with Crippen molar-refractivity contribution < 1.29 is 0 Å². The minimum Gasteiger partial charge on any atom is -0.314 e. The molecule has 1 saturated heterocycles. The first-order valence-electron chi connectivity index (χ1n) is 4.56. The van der Waals surface area contributed by atoms with Crippen molar-refractivity contribution in [2.24, 2.45) is 5.92 Å². The molecule has 0 bridgehead atoms. The van der Waals surface area contributed by atoms with Gasteiger partial charge in [0.2, 0.25) is 0 Å². The van der Waals surface area contributed by atoms with E-state index in [1.54, 1.807) is 0 Å². The van der Waals surface area contributed by atoms with Crippen LogP contribution in [0, 0.1) is 5.92 Å². The Kier molecular flexibility index (Phi) is 3.20. The molecule has 1 nitrogen and oxygen atoms in total. The van der Waals surface area contributed by atoms with Crippen molar-refractivity contribution in [2.75, 3.05) is 6.54 Å². The van der Waals surface area contributed by atoms with E-state index in [0.717, 1.165) is 12.0 Å². The minimum atomic E-state index is 0.769. The van der Waals surface area contributed by atoms with Crippen LogP contribution in [0.3, 0.4) is 0 Å². The first-order chi connectivity index (χ1) is 4.83. The van der Waals surface area contributed by atoms with Gasteiger partial charge in [0, 0.05) is 6.04 Å². The largest absolute Gasteiger partial charge is 0.314 e. The first-order valence-corrected chi connectivity index (χ1v) is 4.56. The maximum atomic E-state index is 3.47. The molecule has 1 aliphatic heterocycles. The van der Waals surface area contributed by atoms with Gasteiger partial charge in [-0.15, -0.1) is 0 Å². The number of hydrogen-bond donors (Lipinski definition) is 1. The summed E-state index contributed by atoms with van der Waals surface area (Å²) in [6.07, 6.45) is 5.59. The lowest BCUT2D eigenvalue weighted by Gasteiger charge is -2.27. The van der Waals surface area contributed by atoms with E-state index >= 15 is 0 Å². The fraction of sp³-hybridized carbons (Fsp3) is 1.00. The van der Waals surface area contributed by atoms with Crippen LogP contribution >= 0.6 is 0 Å². The third-order valence-electron chi connectivity index (χ3n) is 2.43. The first kappa shape index (κ1) is 8.06. The molecule has 10 heavy (non-hydrogen) atoms. The summed E-state index contributed by atoms with van der Waals surface area (Å²) in [6, 6.07) is 0.769. The van der Waals surface area contributed by atoms with E-state index in [0.29, 0.717) is 0 Å². The highest BCUT2D eigenvalue weighted by atomic mass is 14.9. The molecule has 1 N–H and O–H groups in total. The Morgan fingerprint density at radius 3 is 2.90 bits per heavy atom. The van der Waals surface area contributed by atoms with Gasteiger partial charge in [0.05, 0.1) is 0 Å². The van der Waals surface area contributed by atoms with Crippen molar-refractivity contribution in [3.63, 3.8) is 0 Å². The van der Waals surface area contributed by atoms with Gasteiger partial charge in [-0.1, -0.05) is 19.8 Å². The van der Waals surface area contributed by atoms with E-state index in [9.17, 15) is 0 Å². The highest BCUT2D eigenvalue weighted by Gasteiger charge is 2.16. The monoisotopic (exact) mass is 141 g/mol. The molecule has 1 heteroatoms. The van der Waals surface area contributed by atoms with Crippen molar-refractivity contribution in [3.05, 3.63) is 0 Å². The maximum Gasteiger partial charge on any atom is 0.00413 e. The highest BCUT2D eigenvalue weighted by molar-refractivity contribution is 4.74. The standard InChI is InChI=1S/C9H19N/c1-3-4-9-5-6-10-8(2)7-9/h8-10H,3-7H2,1-2H3. The normalized spacial score (nSPS) is 34.2. The van der Waals surface area contributed by atoms with Crippen molar-refractivity contribution >= 4 is 0 Å². The van der Waals surface area contributed by atoms with Gasteiger partial charge in [-0.3, -0.25) is 0 Å². The van der Waals surface area contributed by atoms with Crippen molar-refractivity contribution in [1.82, 2.24) is 5.32 Å². The van der Waals surface area contributed by atoms with E-state index in [2.05, 4.69) is 19.2 Å². The molecule has 0 amide bonds. The molecule has 0 aromatic heterocycles. The predicted octanol–water partition coefficient (Wildman–Crippen LogP) is 2.17. The number of hydrogen-bond acceptors (Lipinski definition) is 1. The molecular weight excluding hydrogens is 122 g/mol. The Labute approximate surface area is 64.2 Å². The van der Waals surface area contributed by atoms with Gasteiger partial charge in [-0.05, 0) is 32.2 Å². The lowest BCUT2D eigenvalue weighted by molar-refractivity contribution is 0.299. The van der Waals surface area contributed by atoms with Crippen LogP contribution in [-0.4, -0.2) is 12.6 Å². The van der Waals surface area contributed by atoms with Crippen LogP contribution in [0.1, 0.15) is 39.5 Å². The minimum absolute atomic E-state index is 0.769. The molecule has 1 aliphatic rings. The summed E-state index contributed by atoms with van der Waals surface area (Å²) in [4.78, 5) is 0. The molecule has 60 valence electrons. The topological polar surface area (TPSA) is 12.0 Å². The summed E-state index contributed by atoms with van der Waals surface area (Å²) < 4.78 is 0. The summed E-state index contributed by atoms with van der Waals surface area (Å²) in [7, 11) is 0. The number of rotatable bonds is 2. The second-order valence-corrected chi connectivity index (χ2v) is 3.53. The Morgan fingerprint density at radius 2 is 2.30 bits per heavy atom. The molecule has 0 aromatic carbocycles. The average Bonchev–Trinajstić information content (AvgIpc) is 1.88. The molecule has 0 radical (unpaired) electrons. The van der Waals surface area contributed by atoms with E-state index in [1.807, 2.05) is 0 Å². The van der Waals surface area contributed by atoms with Crippen LogP contribution in [0.2, 0.25) is 0 Å². The molecule has 0 aliphatic carbocycles. The Morgan fingerprint density at radius 1 is 1.50 bits per heavy atom. The van der Waals surface area contributed by atoms with E-state index in [-0.39, 0.29) is 0 Å². The molecule has 2 atom stereocenters. The van der Waals surface area contributed by atoms with Gasteiger partial charge >= 0.3 is 0 Å². The van der Waals surface area contributed by atoms with Gasteiger partial charge < -0.3 is 5.32 Å². The quantitative estimate of drug-likeness (QED) is 0.621. The molecular formula is C9H19N. The van der Waals surface area contributed by atoms with Crippen molar-refractivity contribution in [3.8, 4) is 0 Å². The number of piperidine rings is 1. The summed E-state index contributed by atoms with van der Waals surface area (Å²) in [5.41, 5.74) is 0. The van der Waals surface area contributed by atoms with Crippen molar-refractivity contribution in [2.45, 2.75) is 45.6 Å². The summed E-state index contributed by atoms with van der Waals surface area (Å²) >= 11 is 0. The van der Waals surface area contributed by atoms with Crippen LogP contribution in [0.4, 0.5) is 0 Å². The summed E-state index contributed by atoms with van der Waals surface area (Å²) in [5.74, 6) is 1.02. The lowest BCUT2D eigenvalue weighted by Crippen LogP contribution is -2.35. The van der Waals surface area contributed by atoms with Crippen molar-refractivity contribution in [1.29, 1.82) is 0 Å². The smallest absolute Gasteiger partial charge is 0.00413 e. The fourth-order valence-corrected chi connectivity index (χ4v) is 1.91. The van der Waals surface area contributed by atoms with Gasteiger partial charge in [-0.25, -0.2) is 0 Å². The van der Waals surface area contributed by atoms with Crippen LogP contribution in [0.15, 0.2) is 0 Å². The zero-order chi connectivity index (χ0) is 7.40. The second kappa shape index (κ2) is 3.97. The van der Waals surface area contributed by atoms with Gasteiger partial charge in [-0.2, -0.15) is 0 Å². The van der Waals surface area contributed by atoms with E-state index < -0.39 is 0 Å². The molecule has 2 unspecified atom stereocenters. The molecule has 1 heterocycles. The van der Waals surface area contributed by atoms with E-state index in [1.165, 1.54) is 32.2 Å². The lowest BCUT2D eigenvalue weighted by atomic mass is 9.90. The highest BCUT2D eigenvalue weighted by Crippen LogP contribution is 2.20. The van der Waals surface area contributed by atoms with Crippen LogP contribution in [-0.2, 0) is 0 Å². The number of nitrogens with one attached hydrogen (secondary N) is 1. The van der Waals surface area contributed by atoms with Gasteiger partial charge in [0.1, 0.15) is 0 Å². The fourth-order valence-electron chi connectivity index (χ4n) is 1.91. The Balaban J connectivity index is 2.18. The van der Waals surface area contributed by atoms with Gasteiger partial charge in [0.15, 0.2) is 0 Å². The summed E-state index contributed by atoms with van der Waals surface area (Å²) in [5, 5.41) is 3.47. The SMILES string of the molecule is CCCC1CCNC(C)C1. The molecule has 0 spiro atoms.